The summed E-state index contributed by atoms with van der Waals surface area (Å²) in [4.78, 5) is 0. The van der Waals surface area contributed by atoms with Crippen LogP contribution in [-0.2, 0) is 0 Å². The minimum atomic E-state index is -0.0372. The smallest absolute Gasteiger partial charge is 0.0459 e. The van der Waals surface area contributed by atoms with Crippen molar-refractivity contribution >= 4 is 11.6 Å². The molecule has 0 amide bonds. The fourth-order valence-corrected chi connectivity index (χ4v) is 2.49. The summed E-state index contributed by atoms with van der Waals surface area (Å²) in [6.45, 7) is 6.34. The third kappa shape index (κ3) is 3.17. The maximum atomic E-state index is 6.28. The van der Waals surface area contributed by atoms with E-state index in [4.69, 9.17) is 17.3 Å². The molecule has 19 heavy (non-hydrogen) atoms. The van der Waals surface area contributed by atoms with Crippen LogP contribution in [0.25, 0.3) is 11.1 Å². The molecule has 0 heterocycles. The van der Waals surface area contributed by atoms with E-state index in [1.54, 1.807) is 0 Å². The molecule has 0 saturated heterocycles. The number of nitrogens with two attached hydrogens (primary N) is 1. The van der Waals surface area contributed by atoms with E-state index in [-0.39, 0.29) is 6.04 Å². The Balaban J connectivity index is 2.34. The summed E-state index contributed by atoms with van der Waals surface area (Å²) >= 11 is 6.28. The SMILES string of the molecule is CC(C)c1ccc(-c2ccc(C(C)N)c(Cl)c2)cc1. The van der Waals surface area contributed by atoms with Crippen molar-refractivity contribution in [3.05, 3.63) is 58.6 Å². The minimum Gasteiger partial charge on any atom is -0.324 e. The van der Waals surface area contributed by atoms with Crippen molar-refractivity contribution in [2.24, 2.45) is 5.73 Å². The van der Waals surface area contributed by atoms with Gasteiger partial charge in [0.25, 0.3) is 0 Å². The summed E-state index contributed by atoms with van der Waals surface area (Å²) in [6, 6.07) is 14.7. The third-order valence-corrected chi connectivity index (χ3v) is 3.73. The number of rotatable bonds is 3. The zero-order valence-corrected chi connectivity index (χ0v) is 12.4. The molecule has 1 nitrogen and oxygen atoms in total. The zero-order chi connectivity index (χ0) is 14.0. The van der Waals surface area contributed by atoms with Crippen LogP contribution in [0.15, 0.2) is 42.5 Å². The van der Waals surface area contributed by atoms with Crippen molar-refractivity contribution in [2.45, 2.75) is 32.7 Å². The van der Waals surface area contributed by atoms with Crippen LogP contribution in [0.4, 0.5) is 0 Å². The molecule has 2 N–H and O–H groups in total. The molecule has 0 spiro atoms. The van der Waals surface area contributed by atoms with Crippen molar-refractivity contribution in [3.8, 4) is 11.1 Å². The van der Waals surface area contributed by atoms with Gasteiger partial charge in [0.1, 0.15) is 0 Å². The number of benzene rings is 2. The summed E-state index contributed by atoms with van der Waals surface area (Å²) in [5.41, 5.74) is 10.5. The van der Waals surface area contributed by atoms with Gasteiger partial charge in [0.05, 0.1) is 0 Å². The topological polar surface area (TPSA) is 26.0 Å². The van der Waals surface area contributed by atoms with Crippen LogP contribution in [0.1, 0.15) is 43.9 Å². The van der Waals surface area contributed by atoms with Crippen LogP contribution in [0.5, 0.6) is 0 Å². The van der Waals surface area contributed by atoms with Gasteiger partial charge in [-0.15, -0.1) is 0 Å². The summed E-state index contributed by atoms with van der Waals surface area (Å²) in [5.74, 6) is 0.554. The second-order valence-corrected chi connectivity index (χ2v) is 5.71. The van der Waals surface area contributed by atoms with Crippen molar-refractivity contribution in [3.63, 3.8) is 0 Å². The largest absolute Gasteiger partial charge is 0.324 e. The Kier molecular flexibility index (Phi) is 4.28. The van der Waals surface area contributed by atoms with E-state index in [9.17, 15) is 0 Å². The summed E-state index contributed by atoms with van der Waals surface area (Å²) in [6.07, 6.45) is 0. The zero-order valence-electron chi connectivity index (χ0n) is 11.7. The lowest BCUT2D eigenvalue weighted by molar-refractivity contribution is 0.819. The molecule has 1 unspecified atom stereocenters. The van der Waals surface area contributed by atoms with Crippen molar-refractivity contribution in [1.82, 2.24) is 0 Å². The molecule has 2 aromatic rings. The van der Waals surface area contributed by atoms with Gasteiger partial charge in [0, 0.05) is 11.1 Å². The summed E-state index contributed by atoms with van der Waals surface area (Å²) < 4.78 is 0. The van der Waals surface area contributed by atoms with Gasteiger partial charge < -0.3 is 5.73 Å². The Bertz CT molecular complexity index is 556. The fraction of sp³-hybridized carbons (Fsp3) is 0.294. The molecule has 0 bridgehead atoms. The van der Waals surface area contributed by atoms with Crippen molar-refractivity contribution < 1.29 is 0 Å². The van der Waals surface area contributed by atoms with Gasteiger partial charge in [-0.25, -0.2) is 0 Å². The molecule has 0 fully saturated rings. The van der Waals surface area contributed by atoms with E-state index in [0.717, 1.165) is 16.1 Å². The van der Waals surface area contributed by atoms with Gasteiger partial charge in [-0.2, -0.15) is 0 Å². The van der Waals surface area contributed by atoms with Crippen LogP contribution < -0.4 is 5.73 Å². The predicted octanol–water partition coefficient (Wildman–Crippen LogP) is 5.15. The third-order valence-electron chi connectivity index (χ3n) is 3.40. The Morgan fingerprint density at radius 1 is 0.895 bits per heavy atom. The highest BCUT2D eigenvalue weighted by atomic mass is 35.5. The average molecular weight is 274 g/mol. The molecule has 2 heteroatoms. The quantitative estimate of drug-likeness (QED) is 0.822. The van der Waals surface area contributed by atoms with E-state index in [1.807, 2.05) is 19.1 Å². The molecule has 0 aliphatic carbocycles. The number of halogens is 1. The van der Waals surface area contributed by atoms with Gasteiger partial charge in [-0.05, 0) is 41.2 Å². The normalized spacial score (nSPS) is 12.7. The van der Waals surface area contributed by atoms with Gasteiger partial charge in [-0.1, -0.05) is 61.8 Å². The van der Waals surface area contributed by atoms with Crippen LogP contribution in [-0.4, -0.2) is 0 Å². The van der Waals surface area contributed by atoms with E-state index in [2.05, 4.69) is 44.2 Å². The highest BCUT2D eigenvalue weighted by Crippen LogP contribution is 2.29. The van der Waals surface area contributed by atoms with Crippen LogP contribution >= 0.6 is 11.6 Å². The maximum absolute atomic E-state index is 6.28. The minimum absolute atomic E-state index is 0.0372. The highest BCUT2D eigenvalue weighted by molar-refractivity contribution is 6.31. The Morgan fingerprint density at radius 2 is 1.47 bits per heavy atom. The maximum Gasteiger partial charge on any atom is 0.0459 e. The Hall–Kier alpha value is -1.31. The first-order valence-electron chi connectivity index (χ1n) is 6.64. The second kappa shape index (κ2) is 5.77. The Morgan fingerprint density at radius 3 is 1.95 bits per heavy atom. The summed E-state index contributed by atoms with van der Waals surface area (Å²) in [5, 5.41) is 0.737. The summed E-state index contributed by atoms with van der Waals surface area (Å²) in [7, 11) is 0. The van der Waals surface area contributed by atoms with E-state index in [0.29, 0.717) is 5.92 Å². The monoisotopic (exact) mass is 273 g/mol. The first-order valence-corrected chi connectivity index (χ1v) is 7.02. The molecule has 0 aromatic heterocycles. The molecule has 0 aliphatic rings. The lowest BCUT2D eigenvalue weighted by atomic mass is 9.97. The number of hydrogen-bond acceptors (Lipinski definition) is 1. The molecule has 2 rings (SSSR count). The predicted molar refractivity (Wildman–Crippen MR) is 83.6 cm³/mol. The first-order chi connectivity index (χ1) is 8.99. The molecule has 100 valence electrons. The van der Waals surface area contributed by atoms with Crippen LogP contribution in [0.3, 0.4) is 0 Å². The fourth-order valence-electron chi connectivity index (χ4n) is 2.14. The van der Waals surface area contributed by atoms with E-state index in [1.165, 1.54) is 11.1 Å². The van der Waals surface area contributed by atoms with Crippen LogP contribution in [0, 0.1) is 0 Å². The molecule has 0 saturated carbocycles. The number of hydrogen-bond donors (Lipinski definition) is 1. The van der Waals surface area contributed by atoms with E-state index < -0.39 is 0 Å². The molecule has 0 aliphatic heterocycles. The van der Waals surface area contributed by atoms with E-state index >= 15 is 0 Å². The average Bonchev–Trinajstić information content (AvgIpc) is 2.38. The van der Waals surface area contributed by atoms with Gasteiger partial charge >= 0.3 is 0 Å². The highest BCUT2D eigenvalue weighted by Gasteiger charge is 2.07. The van der Waals surface area contributed by atoms with Crippen LogP contribution in [0.2, 0.25) is 5.02 Å². The van der Waals surface area contributed by atoms with Gasteiger partial charge in [0.15, 0.2) is 0 Å². The lowest BCUT2D eigenvalue weighted by Gasteiger charge is -2.11. The van der Waals surface area contributed by atoms with Gasteiger partial charge in [-0.3, -0.25) is 0 Å². The molecular weight excluding hydrogens is 254 g/mol. The van der Waals surface area contributed by atoms with Gasteiger partial charge in [0.2, 0.25) is 0 Å². The second-order valence-electron chi connectivity index (χ2n) is 5.30. The molecule has 0 radical (unpaired) electrons. The Labute approximate surface area is 120 Å². The molecular formula is C17H20ClN. The molecule has 2 aromatic carbocycles. The standard InChI is InChI=1S/C17H20ClN/c1-11(2)13-4-6-14(7-5-13)15-8-9-16(12(3)19)17(18)10-15/h4-12H,19H2,1-3H3. The van der Waals surface area contributed by atoms with Crippen molar-refractivity contribution in [1.29, 1.82) is 0 Å². The first kappa shape index (κ1) is 14.1. The van der Waals surface area contributed by atoms with Crippen molar-refractivity contribution in [2.75, 3.05) is 0 Å². The lowest BCUT2D eigenvalue weighted by Crippen LogP contribution is -2.05. The molecule has 1 atom stereocenters.